The Balaban J connectivity index is 0.00000180. The third-order valence-electron chi connectivity index (χ3n) is 2.49. The maximum absolute atomic E-state index is 11.7. The van der Waals surface area contributed by atoms with E-state index in [2.05, 4.69) is 0 Å². The number of nitrogens with zero attached hydrogens (tertiary/aromatic N) is 1. The van der Waals surface area contributed by atoms with Crippen LogP contribution in [0.3, 0.4) is 0 Å². The van der Waals surface area contributed by atoms with Crippen molar-refractivity contribution in [3.63, 3.8) is 0 Å². The second-order valence-corrected chi connectivity index (χ2v) is 4.58. The third-order valence-corrected chi connectivity index (χ3v) is 3.27. The van der Waals surface area contributed by atoms with Gasteiger partial charge in [-0.2, -0.15) is 0 Å². The van der Waals surface area contributed by atoms with Gasteiger partial charge in [0.05, 0.1) is 13.2 Å². The van der Waals surface area contributed by atoms with E-state index in [4.69, 9.17) is 10.1 Å². The van der Waals surface area contributed by atoms with E-state index in [0.717, 1.165) is 5.56 Å². The number of ether oxygens (including phenoxy) is 1. The van der Waals surface area contributed by atoms with Gasteiger partial charge in [0, 0.05) is 5.38 Å². The molecule has 0 unspecified atom stereocenters. The molecule has 0 atom stereocenters. The van der Waals surface area contributed by atoms with Gasteiger partial charge in [-0.3, -0.25) is 5.41 Å². The van der Waals surface area contributed by atoms with Crippen LogP contribution < -0.4 is 4.80 Å². The zero-order chi connectivity index (χ0) is 13.0. The highest BCUT2D eigenvalue weighted by atomic mass is 79.9. The van der Waals surface area contributed by atoms with Crippen molar-refractivity contribution in [1.82, 2.24) is 4.57 Å². The molecule has 0 fully saturated rings. The average molecular weight is 343 g/mol. The van der Waals surface area contributed by atoms with E-state index in [-0.39, 0.29) is 23.0 Å². The van der Waals surface area contributed by atoms with Gasteiger partial charge in [0.2, 0.25) is 0 Å². The largest absolute Gasteiger partial charge is 0.461 e. The number of carbonyl (C=O) groups excluding carboxylic acids is 1. The summed E-state index contributed by atoms with van der Waals surface area (Å²) in [6.45, 7) is 2.62. The maximum atomic E-state index is 11.7. The van der Waals surface area contributed by atoms with Gasteiger partial charge in [-0.1, -0.05) is 30.3 Å². The van der Waals surface area contributed by atoms with Crippen LogP contribution in [0.4, 0.5) is 0 Å². The lowest BCUT2D eigenvalue weighted by Gasteiger charge is -2.07. The normalized spacial score (nSPS) is 9.74. The molecule has 19 heavy (non-hydrogen) atoms. The van der Waals surface area contributed by atoms with Crippen molar-refractivity contribution in [3.8, 4) is 0 Å². The van der Waals surface area contributed by atoms with E-state index in [1.54, 1.807) is 16.9 Å². The molecule has 0 bridgehead atoms. The van der Waals surface area contributed by atoms with Gasteiger partial charge in [0.1, 0.15) is 5.69 Å². The van der Waals surface area contributed by atoms with E-state index in [1.807, 2.05) is 30.3 Å². The minimum Gasteiger partial charge on any atom is -0.461 e. The molecule has 102 valence electrons. The first-order valence-electron chi connectivity index (χ1n) is 5.66. The van der Waals surface area contributed by atoms with Gasteiger partial charge >= 0.3 is 5.97 Å². The van der Waals surface area contributed by atoms with Crippen LogP contribution in [0.2, 0.25) is 0 Å². The van der Waals surface area contributed by atoms with Crippen LogP contribution >= 0.6 is 28.3 Å². The Labute approximate surface area is 125 Å². The first kappa shape index (κ1) is 15.7. The lowest BCUT2D eigenvalue weighted by molar-refractivity contribution is 0.0514. The smallest absolute Gasteiger partial charge is 0.355 e. The summed E-state index contributed by atoms with van der Waals surface area (Å²) < 4.78 is 6.65. The molecule has 4 nitrogen and oxygen atoms in total. The van der Waals surface area contributed by atoms with Crippen LogP contribution in [0.15, 0.2) is 35.7 Å². The number of nitrogens with one attached hydrogen (secondary N) is 1. The van der Waals surface area contributed by atoms with E-state index < -0.39 is 0 Å². The fourth-order valence-corrected chi connectivity index (χ4v) is 2.37. The standard InChI is InChI=1S/C13H14N2O2S.BrH/c1-2-17-12(16)11-9-18-13(14)15(11)8-10-6-4-3-5-7-10;/h3-7,9,14H,2,8H2,1H3;1H. The van der Waals surface area contributed by atoms with Crippen molar-refractivity contribution in [2.24, 2.45) is 0 Å². The van der Waals surface area contributed by atoms with Crippen LogP contribution in [0, 0.1) is 5.41 Å². The highest BCUT2D eigenvalue weighted by Gasteiger charge is 2.14. The number of carbonyl (C=O) groups is 1. The number of aromatic nitrogens is 1. The summed E-state index contributed by atoms with van der Waals surface area (Å²) in [7, 11) is 0. The molecule has 0 saturated heterocycles. The van der Waals surface area contributed by atoms with Gasteiger partial charge < -0.3 is 9.30 Å². The molecule has 0 aliphatic carbocycles. The van der Waals surface area contributed by atoms with E-state index in [0.29, 0.717) is 23.6 Å². The van der Waals surface area contributed by atoms with Crippen molar-refractivity contribution >= 4 is 34.3 Å². The SMILES string of the molecule is Br.CCOC(=O)c1csc(=N)n1Cc1ccccc1. The lowest BCUT2D eigenvalue weighted by Crippen LogP contribution is -2.21. The molecule has 0 saturated carbocycles. The molecule has 0 radical (unpaired) electrons. The summed E-state index contributed by atoms with van der Waals surface area (Å²) in [6, 6.07) is 9.76. The fourth-order valence-electron chi connectivity index (χ4n) is 1.63. The Kier molecular flexibility index (Phi) is 5.98. The molecule has 1 aromatic heterocycles. The first-order chi connectivity index (χ1) is 8.72. The Bertz CT molecular complexity index is 592. The molecule has 1 aromatic carbocycles. The highest BCUT2D eigenvalue weighted by Crippen LogP contribution is 2.08. The maximum Gasteiger partial charge on any atom is 0.355 e. The predicted molar refractivity (Wildman–Crippen MR) is 80.0 cm³/mol. The summed E-state index contributed by atoms with van der Waals surface area (Å²) in [5, 5.41) is 9.51. The molecule has 1 N–H and O–H groups in total. The molecule has 0 aliphatic rings. The van der Waals surface area contributed by atoms with Gasteiger partial charge in [0.25, 0.3) is 0 Å². The summed E-state index contributed by atoms with van der Waals surface area (Å²) >= 11 is 1.23. The third kappa shape index (κ3) is 3.78. The molecule has 2 rings (SSSR count). The minimum absolute atomic E-state index is 0. The molecular formula is C13H15BrN2O2S. The van der Waals surface area contributed by atoms with Crippen LogP contribution in [-0.4, -0.2) is 17.1 Å². The predicted octanol–water partition coefficient (Wildman–Crippen LogP) is 2.83. The zero-order valence-corrected chi connectivity index (χ0v) is 13.0. The zero-order valence-electron chi connectivity index (χ0n) is 10.5. The quantitative estimate of drug-likeness (QED) is 0.868. The second kappa shape index (κ2) is 7.25. The Morgan fingerprint density at radius 1 is 1.37 bits per heavy atom. The van der Waals surface area contributed by atoms with Gasteiger partial charge in [-0.05, 0) is 12.5 Å². The molecule has 6 heteroatoms. The molecule has 0 aliphatic heterocycles. The monoisotopic (exact) mass is 342 g/mol. The van der Waals surface area contributed by atoms with Crippen LogP contribution in [0.5, 0.6) is 0 Å². The topological polar surface area (TPSA) is 55.1 Å². The van der Waals surface area contributed by atoms with Crippen LogP contribution in [0.1, 0.15) is 23.0 Å². The summed E-state index contributed by atoms with van der Waals surface area (Å²) in [5.41, 5.74) is 1.50. The number of esters is 1. The molecule has 1 heterocycles. The van der Waals surface area contributed by atoms with Crippen molar-refractivity contribution in [2.75, 3.05) is 6.61 Å². The molecule has 2 aromatic rings. The number of hydrogen-bond acceptors (Lipinski definition) is 4. The number of hydrogen-bond donors (Lipinski definition) is 1. The van der Waals surface area contributed by atoms with Crippen molar-refractivity contribution in [3.05, 3.63) is 51.8 Å². The number of benzene rings is 1. The van der Waals surface area contributed by atoms with Crippen LogP contribution in [-0.2, 0) is 11.3 Å². The van der Waals surface area contributed by atoms with Crippen LogP contribution in [0.25, 0.3) is 0 Å². The van der Waals surface area contributed by atoms with E-state index in [1.165, 1.54) is 11.3 Å². The van der Waals surface area contributed by atoms with Crippen molar-refractivity contribution in [1.29, 1.82) is 5.41 Å². The average Bonchev–Trinajstić information content (AvgIpc) is 2.73. The van der Waals surface area contributed by atoms with Gasteiger partial charge in [-0.15, -0.1) is 28.3 Å². The molecular weight excluding hydrogens is 328 g/mol. The number of rotatable bonds is 4. The minimum atomic E-state index is -0.372. The van der Waals surface area contributed by atoms with Gasteiger partial charge in [0.15, 0.2) is 4.80 Å². The van der Waals surface area contributed by atoms with Crippen molar-refractivity contribution in [2.45, 2.75) is 13.5 Å². The Morgan fingerprint density at radius 3 is 2.68 bits per heavy atom. The highest BCUT2D eigenvalue weighted by molar-refractivity contribution is 8.93. The second-order valence-electron chi connectivity index (χ2n) is 3.72. The molecule has 0 amide bonds. The summed E-state index contributed by atoms with van der Waals surface area (Å²) in [5.74, 6) is -0.372. The number of thiazole rings is 1. The summed E-state index contributed by atoms with van der Waals surface area (Å²) in [4.78, 5) is 12.1. The van der Waals surface area contributed by atoms with E-state index in [9.17, 15) is 4.79 Å². The first-order valence-corrected chi connectivity index (χ1v) is 6.54. The Morgan fingerprint density at radius 2 is 2.05 bits per heavy atom. The van der Waals surface area contributed by atoms with Crippen molar-refractivity contribution < 1.29 is 9.53 Å². The number of halogens is 1. The van der Waals surface area contributed by atoms with E-state index >= 15 is 0 Å². The lowest BCUT2D eigenvalue weighted by atomic mass is 10.2. The fraction of sp³-hybridized carbons (Fsp3) is 0.231. The summed E-state index contributed by atoms with van der Waals surface area (Å²) in [6.07, 6.45) is 0. The van der Waals surface area contributed by atoms with Gasteiger partial charge in [-0.25, -0.2) is 4.79 Å². The molecule has 0 spiro atoms. The Hall–Kier alpha value is -1.40.